The minimum Gasteiger partial charge on any atom is -0.497 e. The van der Waals surface area contributed by atoms with E-state index in [0.717, 1.165) is 28.1 Å². The summed E-state index contributed by atoms with van der Waals surface area (Å²) in [4.78, 5) is 20.6. The van der Waals surface area contributed by atoms with Crippen LogP contribution in [0.5, 0.6) is 17.2 Å². The van der Waals surface area contributed by atoms with E-state index in [1.54, 1.807) is 37.3 Å². The molecule has 202 valence electrons. The number of rotatable bonds is 9. The number of hydrogen-bond donors (Lipinski definition) is 0. The average molecular weight is 555 g/mol. The van der Waals surface area contributed by atoms with Gasteiger partial charge in [0.05, 0.1) is 31.4 Å². The van der Waals surface area contributed by atoms with E-state index < -0.39 is 0 Å². The predicted octanol–water partition coefficient (Wildman–Crippen LogP) is 7.23. The van der Waals surface area contributed by atoms with Crippen LogP contribution in [0.25, 0.3) is 6.08 Å². The lowest BCUT2D eigenvalue weighted by molar-refractivity contribution is -0.122. The molecule has 4 aromatic rings. The molecule has 0 atom stereocenters. The first-order valence-corrected chi connectivity index (χ1v) is 13.4. The van der Waals surface area contributed by atoms with Crippen molar-refractivity contribution < 1.29 is 23.4 Å². The topological polar surface area (TPSA) is 60.4 Å². The maximum Gasteiger partial charge on any atom is 0.267 e. The van der Waals surface area contributed by atoms with Crippen LogP contribution < -0.4 is 14.2 Å². The third kappa shape index (κ3) is 6.52. The lowest BCUT2D eigenvalue weighted by atomic mass is 10.1. The van der Waals surface area contributed by atoms with Gasteiger partial charge in [0, 0.05) is 0 Å². The standard InChI is InChI=1S/C32H27FN2O4S/c1-37-27-15-10-22(11-16-27)20-35-31(36)30(40-32(35)34-26-6-4-3-5-7-26)19-24-12-17-28(29(18-24)38-2)39-21-23-8-13-25(33)14-9-23/h3-19H,20-21H2,1-2H3/b30-19-,34-32?. The second-order valence-corrected chi connectivity index (χ2v) is 9.91. The molecule has 6 nitrogen and oxygen atoms in total. The van der Waals surface area contributed by atoms with Crippen LogP contribution in [0.1, 0.15) is 16.7 Å². The zero-order valence-corrected chi connectivity index (χ0v) is 22.9. The molecule has 0 saturated carbocycles. The Kier molecular flexibility index (Phi) is 8.47. The first kappa shape index (κ1) is 27.0. The van der Waals surface area contributed by atoms with Crippen LogP contribution in [0.3, 0.4) is 0 Å². The number of nitrogens with zero attached hydrogens (tertiary/aromatic N) is 2. The van der Waals surface area contributed by atoms with Gasteiger partial charge in [-0.15, -0.1) is 0 Å². The highest BCUT2D eigenvalue weighted by molar-refractivity contribution is 8.18. The summed E-state index contributed by atoms with van der Waals surface area (Å²) in [6, 6.07) is 28.8. The van der Waals surface area contributed by atoms with Crippen molar-refractivity contribution in [3.8, 4) is 17.2 Å². The Bertz CT molecular complexity index is 1540. The molecule has 0 unspecified atom stereocenters. The van der Waals surface area contributed by atoms with Gasteiger partial charge in [-0.2, -0.15) is 0 Å². The molecule has 0 aromatic heterocycles. The normalized spacial score (nSPS) is 15.1. The first-order valence-electron chi connectivity index (χ1n) is 12.6. The molecular formula is C32H27FN2O4S. The summed E-state index contributed by atoms with van der Waals surface area (Å²) in [5, 5.41) is 0.601. The SMILES string of the molecule is COc1ccc(CN2C(=O)/C(=C/c3ccc(OCc4ccc(F)cc4)c(OC)c3)SC2=Nc2ccccc2)cc1. The van der Waals surface area contributed by atoms with Gasteiger partial charge in [-0.1, -0.05) is 48.5 Å². The molecule has 0 spiro atoms. The molecule has 40 heavy (non-hydrogen) atoms. The van der Waals surface area contributed by atoms with Gasteiger partial charge in [-0.25, -0.2) is 9.38 Å². The number of amides is 1. The summed E-state index contributed by atoms with van der Waals surface area (Å²) in [6.45, 7) is 0.642. The summed E-state index contributed by atoms with van der Waals surface area (Å²) in [5.74, 6) is 1.40. The fraction of sp³-hybridized carbons (Fsp3) is 0.125. The number of amidine groups is 1. The number of carbonyl (C=O) groups is 1. The van der Waals surface area contributed by atoms with Crippen molar-refractivity contribution in [3.63, 3.8) is 0 Å². The average Bonchev–Trinajstić information content (AvgIpc) is 3.26. The number of carbonyl (C=O) groups excluding carboxylic acids is 1. The molecule has 1 fully saturated rings. The van der Waals surface area contributed by atoms with Crippen LogP contribution in [0, 0.1) is 5.82 Å². The van der Waals surface area contributed by atoms with E-state index in [4.69, 9.17) is 19.2 Å². The Labute approximate surface area is 236 Å². The van der Waals surface area contributed by atoms with Crippen LogP contribution in [0.4, 0.5) is 10.1 Å². The minimum absolute atomic E-state index is 0.133. The first-order chi connectivity index (χ1) is 19.5. The third-order valence-corrected chi connectivity index (χ3v) is 7.17. The molecule has 1 saturated heterocycles. The van der Waals surface area contributed by atoms with Gasteiger partial charge in [-0.3, -0.25) is 9.69 Å². The number of hydrogen-bond acceptors (Lipinski definition) is 6. The van der Waals surface area contributed by atoms with E-state index in [9.17, 15) is 9.18 Å². The Morgan fingerprint density at radius 2 is 1.57 bits per heavy atom. The van der Waals surface area contributed by atoms with Crippen molar-refractivity contribution in [2.75, 3.05) is 14.2 Å². The van der Waals surface area contributed by atoms with Gasteiger partial charge < -0.3 is 14.2 Å². The molecule has 1 aliphatic heterocycles. The molecule has 0 aliphatic carbocycles. The van der Waals surface area contributed by atoms with Gasteiger partial charge in [-0.05, 0) is 83.1 Å². The number of methoxy groups -OCH3 is 2. The highest BCUT2D eigenvalue weighted by Gasteiger charge is 2.33. The van der Waals surface area contributed by atoms with Gasteiger partial charge >= 0.3 is 0 Å². The van der Waals surface area contributed by atoms with Crippen molar-refractivity contribution in [2.45, 2.75) is 13.2 Å². The van der Waals surface area contributed by atoms with E-state index in [0.29, 0.717) is 28.1 Å². The molecule has 1 heterocycles. The fourth-order valence-electron chi connectivity index (χ4n) is 4.04. The van der Waals surface area contributed by atoms with Crippen molar-refractivity contribution in [2.24, 2.45) is 4.99 Å². The Balaban J connectivity index is 1.39. The zero-order valence-electron chi connectivity index (χ0n) is 22.0. The van der Waals surface area contributed by atoms with Crippen molar-refractivity contribution in [3.05, 3.63) is 124 Å². The molecule has 8 heteroatoms. The summed E-state index contributed by atoms with van der Waals surface area (Å²) in [5.41, 5.74) is 3.35. The maximum atomic E-state index is 13.6. The number of halogens is 1. The zero-order chi connectivity index (χ0) is 27.9. The molecule has 0 radical (unpaired) electrons. The molecule has 0 N–H and O–H groups in total. The lowest BCUT2D eigenvalue weighted by Crippen LogP contribution is -2.28. The Morgan fingerprint density at radius 3 is 2.27 bits per heavy atom. The summed E-state index contributed by atoms with van der Waals surface area (Å²) < 4.78 is 29.9. The van der Waals surface area contributed by atoms with Crippen molar-refractivity contribution in [1.29, 1.82) is 0 Å². The van der Waals surface area contributed by atoms with Gasteiger partial charge in [0.15, 0.2) is 16.7 Å². The van der Waals surface area contributed by atoms with Crippen LogP contribution in [0.15, 0.2) is 107 Å². The second-order valence-electron chi connectivity index (χ2n) is 8.91. The Morgan fingerprint density at radius 1 is 0.850 bits per heavy atom. The van der Waals surface area contributed by atoms with E-state index in [-0.39, 0.29) is 18.3 Å². The quantitative estimate of drug-likeness (QED) is 0.204. The summed E-state index contributed by atoms with van der Waals surface area (Å²) >= 11 is 1.33. The van der Waals surface area contributed by atoms with Gasteiger partial charge in [0.1, 0.15) is 18.2 Å². The number of benzene rings is 4. The second kappa shape index (κ2) is 12.5. The fourth-order valence-corrected chi connectivity index (χ4v) is 5.04. The van der Waals surface area contributed by atoms with E-state index in [2.05, 4.69) is 0 Å². The maximum absolute atomic E-state index is 13.6. The van der Waals surface area contributed by atoms with Crippen LogP contribution in [-0.4, -0.2) is 30.2 Å². The molecule has 1 aliphatic rings. The number of aliphatic imine (C=N–C) groups is 1. The van der Waals surface area contributed by atoms with Gasteiger partial charge in [0.25, 0.3) is 5.91 Å². The molecule has 1 amide bonds. The third-order valence-electron chi connectivity index (χ3n) is 6.16. The minimum atomic E-state index is -0.294. The number of thioether (sulfide) groups is 1. The number of ether oxygens (including phenoxy) is 3. The smallest absolute Gasteiger partial charge is 0.267 e. The predicted molar refractivity (Wildman–Crippen MR) is 156 cm³/mol. The highest BCUT2D eigenvalue weighted by Crippen LogP contribution is 2.37. The largest absolute Gasteiger partial charge is 0.497 e. The van der Waals surface area contributed by atoms with Crippen LogP contribution >= 0.6 is 11.8 Å². The molecule has 0 bridgehead atoms. The Hall–Kier alpha value is -4.56. The van der Waals surface area contributed by atoms with E-state index >= 15 is 0 Å². The van der Waals surface area contributed by atoms with Crippen molar-refractivity contribution >= 4 is 34.6 Å². The van der Waals surface area contributed by atoms with E-state index in [1.165, 1.54) is 23.9 Å². The monoisotopic (exact) mass is 554 g/mol. The van der Waals surface area contributed by atoms with Crippen LogP contribution in [0.2, 0.25) is 0 Å². The molecule has 4 aromatic carbocycles. The van der Waals surface area contributed by atoms with Crippen molar-refractivity contribution in [1.82, 2.24) is 4.90 Å². The summed E-state index contributed by atoms with van der Waals surface area (Å²) in [7, 11) is 3.18. The van der Waals surface area contributed by atoms with Gasteiger partial charge in [0.2, 0.25) is 0 Å². The van der Waals surface area contributed by atoms with Crippen LogP contribution in [-0.2, 0) is 17.9 Å². The number of para-hydroxylation sites is 1. The summed E-state index contributed by atoms with van der Waals surface area (Å²) in [6.07, 6.45) is 1.83. The molecular weight excluding hydrogens is 527 g/mol. The lowest BCUT2D eigenvalue weighted by Gasteiger charge is -2.16. The molecule has 5 rings (SSSR count). The highest BCUT2D eigenvalue weighted by atomic mass is 32.2. The van der Waals surface area contributed by atoms with E-state index in [1.807, 2.05) is 72.8 Å².